The largest absolute Gasteiger partial charge is 0.478 e. The number of aromatic nitrogens is 3. The standard InChI is InChI=1S/C24H25N5O3.ClH/c1-27-19-10-9-16(23(31)32)12-18(19)20-21(22(27)30)29(13-15-6-3-2-4-7-15)24(26-20)28-11-5-8-17(25)14-28;/h2-4,6-7,9-10,12,17H,5,8,11,13-14,25H2,1H3,(H,31,32);1H/t17-;/m1./s1. The van der Waals surface area contributed by atoms with Crippen LogP contribution < -0.4 is 16.2 Å². The maximum atomic E-state index is 13.5. The van der Waals surface area contributed by atoms with E-state index < -0.39 is 5.97 Å². The molecule has 0 radical (unpaired) electrons. The number of benzene rings is 2. The van der Waals surface area contributed by atoms with Gasteiger partial charge in [0.1, 0.15) is 11.0 Å². The first-order valence-electron chi connectivity index (χ1n) is 10.7. The van der Waals surface area contributed by atoms with Crippen molar-refractivity contribution in [3.63, 3.8) is 0 Å². The molecule has 5 rings (SSSR count). The normalized spacial score (nSPS) is 16.2. The zero-order chi connectivity index (χ0) is 22.4. The smallest absolute Gasteiger partial charge is 0.335 e. The number of piperidine rings is 1. The molecule has 4 aromatic rings. The summed E-state index contributed by atoms with van der Waals surface area (Å²) in [6.07, 6.45) is 1.92. The molecule has 2 aromatic heterocycles. The predicted octanol–water partition coefficient (Wildman–Crippen LogP) is 2.98. The van der Waals surface area contributed by atoms with Crippen molar-refractivity contribution in [2.75, 3.05) is 18.0 Å². The SMILES string of the molecule is Cl.Cn1c(=O)c2c(nc(N3CCC[C@@H](N)C3)n2Cc2ccccc2)c2cc(C(=O)O)ccc21. The van der Waals surface area contributed by atoms with Gasteiger partial charge in [-0.25, -0.2) is 9.78 Å². The Kier molecular flexibility index (Phi) is 6.14. The molecule has 9 heteroatoms. The molecule has 1 saturated heterocycles. The molecular formula is C24H26ClN5O3. The molecule has 0 aliphatic carbocycles. The first kappa shape index (κ1) is 22.8. The number of aromatic carboxylic acids is 1. The highest BCUT2D eigenvalue weighted by atomic mass is 35.5. The molecule has 1 fully saturated rings. The monoisotopic (exact) mass is 467 g/mol. The zero-order valence-corrected chi connectivity index (χ0v) is 19.1. The molecule has 0 amide bonds. The molecule has 0 bridgehead atoms. The Morgan fingerprint density at radius 1 is 1.21 bits per heavy atom. The van der Waals surface area contributed by atoms with Crippen LogP contribution >= 0.6 is 12.4 Å². The van der Waals surface area contributed by atoms with Crippen molar-refractivity contribution in [2.24, 2.45) is 12.8 Å². The summed E-state index contributed by atoms with van der Waals surface area (Å²) >= 11 is 0. The molecule has 0 spiro atoms. The third kappa shape index (κ3) is 3.96. The van der Waals surface area contributed by atoms with Gasteiger partial charge < -0.3 is 24.9 Å². The molecule has 2 aromatic carbocycles. The summed E-state index contributed by atoms with van der Waals surface area (Å²) in [6, 6.07) is 14.8. The fourth-order valence-corrected chi connectivity index (χ4v) is 4.61. The highest BCUT2D eigenvalue weighted by Gasteiger charge is 2.26. The van der Waals surface area contributed by atoms with E-state index in [0.29, 0.717) is 41.0 Å². The van der Waals surface area contributed by atoms with Crippen LogP contribution in [0.4, 0.5) is 5.95 Å². The Balaban J connectivity index is 0.00000259. The highest BCUT2D eigenvalue weighted by molar-refractivity contribution is 6.06. The second kappa shape index (κ2) is 8.88. The highest BCUT2D eigenvalue weighted by Crippen LogP contribution is 2.29. The molecule has 172 valence electrons. The average molecular weight is 468 g/mol. The maximum absolute atomic E-state index is 13.5. The number of aryl methyl sites for hydroxylation is 1. The Labute approximate surface area is 196 Å². The van der Waals surface area contributed by atoms with Gasteiger partial charge in [0.2, 0.25) is 5.95 Å². The van der Waals surface area contributed by atoms with Crippen LogP contribution in [0.25, 0.3) is 21.9 Å². The number of anilines is 1. The topological polar surface area (TPSA) is 106 Å². The third-order valence-corrected chi connectivity index (χ3v) is 6.24. The quantitative estimate of drug-likeness (QED) is 0.478. The lowest BCUT2D eigenvalue weighted by atomic mass is 10.1. The summed E-state index contributed by atoms with van der Waals surface area (Å²) < 4.78 is 3.52. The van der Waals surface area contributed by atoms with E-state index in [9.17, 15) is 14.7 Å². The second-order valence-electron chi connectivity index (χ2n) is 8.43. The average Bonchev–Trinajstić information content (AvgIpc) is 3.17. The molecule has 1 aliphatic rings. The van der Waals surface area contributed by atoms with Gasteiger partial charge >= 0.3 is 5.97 Å². The lowest BCUT2D eigenvalue weighted by Gasteiger charge is -2.32. The number of carboxylic acids is 1. The number of imidazole rings is 1. The summed E-state index contributed by atoms with van der Waals surface area (Å²) in [5, 5.41) is 10.2. The van der Waals surface area contributed by atoms with Crippen molar-refractivity contribution < 1.29 is 9.90 Å². The molecule has 33 heavy (non-hydrogen) atoms. The molecular weight excluding hydrogens is 442 g/mol. The minimum absolute atomic E-state index is 0. The van der Waals surface area contributed by atoms with Crippen LogP contribution in [0.5, 0.6) is 0 Å². The van der Waals surface area contributed by atoms with Crippen LogP contribution in [0, 0.1) is 0 Å². The van der Waals surface area contributed by atoms with Crippen LogP contribution in [0.3, 0.4) is 0 Å². The van der Waals surface area contributed by atoms with E-state index in [4.69, 9.17) is 10.7 Å². The summed E-state index contributed by atoms with van der Waals surface area (Å²) in [4.78, 5) is 32.2. The van der Waals surface area contributed by atoms with Crippen LogP contribution in [-0.2, 0) is 13.6 Å². The van der Waals surface area contributed by atoms with E-state index >= 15 is 0 Å². The van der Waals surface area contributed by atoms with Crippen molar-refractivity contribution in [2.45, 2.75) is 25.4 Å². The zero-order valence-electron chi connectivity index (χ0n) is 18.3. The van der Waals surface area contributed by atoms with E-state index in [1.165, 1.54) is 6.07 Å². The lowest BCUT2D eigenvalue weighted by Crippen LogP contribution is -2.44. The van der Waals surface area contributed by atoms with Gasteiger partial charge in [0.25, 0.3) is 5.56 Å². The fourth-order valence-electron chi connectivity index (χ4n) is 4.61. The van der Waals surface area contributed by atoms with E-state index in [1.54, 1.807) is 23.7 Å². The number of nitrogens with zero attached hydrogens (tertiary/aromatic N) is 4. The molecule has 0 saturated carbocycles. The van der Waals surface area contributed by atoms with Gasteiger partial charge in [-0.1, -0.05) is 30.3 Å². The van der Waals surface area contributed by atoms with E-state index in [-0.39, 0.29) is 29.6 Å². The first-order chi connectivity index (χ1) is 15.4. The number of carbonyl (C=O) groups is 1. The summed E-state index contributed by atoms with van der Waals surface area (Å²) in [7, 11) is 1.71. The number of halogens is 1. The van der Waals surface area contributed by atoms with Gasteiger partial charge in [-0.3, -0.25) is 4.79 Å². The third-order valence-electron chi connectivity index (χ3n) is 6.24. The molecule has 3 N–H and O–H groups in total. The Bertz CT molecular complexity index is 1400. The summed E-state index contributed by atoms with van der Waals surface area (Å²) in [5.74, 6) is -0.316. The Morgan fingerprint density at radius 3 is 2.67 bits per heavy atom. The number of nitrogens with two attached hydrogens (primary N) is 1. The van der Waals surface area contributed by atoms with Crippen molar-refractivity contribution in [3.8, 4) is 0 Å². The van der Waals surface area contributed by atoms with Gasteiger partial charge in [-0.05, 0) is 36.6 Å². The molecule has 8 nitrogen and oxygen atoms in total. The first-order valence-corrected chi connectivity index (χ1v) is 10.7. The van der Waals surface area contributed by atoms with E-state index in [1.807, 2.05) is 34.9 Å². The second-order valence-corrected chi connectivity index (χ2v) is 8.43. The van der Waals surface area contributed by atoms with Crippen molar-refractivity contribution in [3.05, 3.63) is 70.0 Å². The predicted molar refractivity (Wildman–Crippen MR) is 132 cm³/mol. The van der Waals surface area contributed by atoms with Gasteiger partial charge in [0, 0.05) is 31.6 Å². The fraction of sp³-hybridized carbons (Fsp3) is 0.292. The molecule has 3 heterocycles. The van der Waals surface area contributed by atoms with Crippen LogP contribution in [0.15, 0.2) is 53.3 Å². The van der Waals surface area contributed by atoms with Crippen LogP contribution in [0.1, 0.15) is 28.8 Å². The number of fused-ring (bicyclic) bond motifs is 3. The Hall–Kier alpha value is -3.36. The van der Waals surface area contributed by atoms with Crippen molar-refractivity contribution in [1.82, 2.24) is 14.1 Å². The Morgan fingerprint density at radius 2 is 1.97 bits per heavy atom. The van der Waals surface area contributed by atoms with E-state index in [2.05, 4.69) is 4.90 Å². The van der Waals surface area contributed by atoms with Gasteiger partial charge in [-0.2, -0.15) is 0 Å². The molecule has 1 aliphatic heterocycles. The maximum Gasteiger partial charge on any atom is 0.335 e. The van der Waals surface area contributed by atoms with Gasteiger partial charge in [0.05, 0.1) is 17.6 Å². The minimum atomic E-state index is -1.01. The number of carboxylic acid groups (broad SMARTS) is 1. The molecule has 0 unspecified atom stereocenters. The van der Waals surface area contributed by atoms with Crippen LogP contribution in [0.2, 0.25) is 0 Å². The number of pyridine rings is 1. The van der Waals surface area contributed by atoms with Gasteiger partial charge in [-0.15, -0.1) is 12.4 Å². The van der Waals surface area contributed by atoms with Crippen molar-refractivity contribution in [1.29, 1.82) is 0 Å². The lowest BCUT2D eigenvalue weighted by molar-refractivity contribution is 0.0697. The van der Waals surface area contributed by atoms with Crippen LogP contribution in [-0.4, -0.2) is 44.3 Å². The van der Waals surface area contributed by atoms with Gasteiger partial charge in [0.15, 0.2) is 0 Å². The number of hydrogen-bond donors (Lipinski definition) is 2. The summed E-state index contributed by atoms with van der Waals surface area (Å²) in [6.45, 7) is 1.96. The minimum Gasteiger partial charge on any atom is -0.478 e. The summed E-state index contributed by atoms with van der Waals surface area (Å²) in [5.41, 5.74) is 8.95. The van der Waals surface area contributed by atoms with E-state index in [0.717, 1.165) is 24.9 Å². The number of hydrogen-bond acceptors (Lipinski definition) is 5. The number of rotatable bonds is 4. The molecule has 1 atom stereocenters. The van der Waals surface area contributed by atoms with Crippen molar-refractivity contribution >= 4 is 46.3 Å².